The molecule has 22 heavy (non-hydrogen) atoms. The van der Waals surface area contributed by atoms with Crippen LogP contribution in [0.15, 0.2) is 18.2 Å². The van der Waals surface area contributed by atoms with Gasteiger partial charge in [-0.05, 0) is 24.0 Å². The van der Waals surface area contributed by atoms with E-state index in [1.54, 1.807) is 0 Å². The van der Waals surface area contributed by atoms with Gasteiger partial charge in [0.25, 0.3) is 0 Å². The monoisotopic (exact) mass is 348 g/mol. The van der Waals surface area contributed by atoms with Gasteiger partial charge in [-0.25, -0.2) is 21.6 Å². The van der Waals surface area contributed by atoms with Gasteiger partial charge < -0.3 is 0 Å². The molecule has 0 aromatic heterocycles. The molecule has 0 heterocycles. The van der Waals surface area contributed by atoms with Gasteiger partial charge in [-0.3, -0.25) is 4.31 Å². The van der Waals surface area contributed by atoms with Gasteiger partial charge >= 0.3 is 0 Å². The maximum Gasteiger partial charge on any atom is 0.232 e. The molecule has 0 spiro atoms. The molecule has 0 saturated heterocycles. The summed E-state index contributed by atoms with van der Waals surface area (Å²) in [7, 11) is -6.85. The zero-order valence-electron chi connectivity index (χ0n) is 13.5. The van der Waals surface area contributed by atoms with Gasteiger partial charge in [0.2, 0.25) is 20.0 Å². The molecule has 0 unspecified atom stereocenters. The summed E-state index contributed by atoms with van der Waals surface area (Å²) in [6.07, 6.45) is 3.60. The number of anilines is 1. The number of hydrogen-bond donors (Lipinski definition) is 1. The van der Waals surface area contributed by atoms with Crippen molar-refractivity contribution in [3.63, 3.8) is 0 Å². The van der Waals surface area contributed by atoms with E-state index in [2.05, 4.69) is 4.72 Å². The Labute approximate surface area is 133 Å². The van der Waals surface area contributed by atoms with E-state index in [9.17, 15) is 16.8 Å². The second-order valence-electron chi connectivity index (χ2n) is 5.13. The van der Waals surface area contributed by atoms with Crippen molar-refractivity contribution in [1.82, 2.24) is 4.72 Å². The predicted molar refractivity (Wildman–Crippen MR) is 90.2 cm³/mol. The summed E-state index contributed by atoms with van der Waals surface area (Å²) >= 11 is 0. The Bertz CT molecular complexity index is 690. The van der Waals surface area contributed by atoms with Crippen LogP contribution in [0.5, 0.6) is 0 Å². The molecule has 1 N–H and O–H groups in total. The molecule has 0 saturated carbocycles. The van der Waals surface area contributed by atoms with Crippen LogP contribution < -0.4 is 9.03 Å². The minimum Gasteiger partial charge on any atom is -0.269 e. The Hall–Kier alpha value is -1.12. The first kappa shape index (κ1) is 18.9. The normalized spacial score (nSPS) is 12.4. The quantitative estimate of drug-likeness (QED) is 0.763. The van der Waals surface area contributed by atoms with Gasteiger partial charge in [-0.2, -0.15) is 0 Å². The van der Waals surface area contributed by atoms with Gasteiger partial charge in [0.05, 0.1) is 18.2 Å². The lowest BCUT2D eigenvalue weighted by Crippen LogP contribution is -2.38. The minimum absolute atomic E-state index is 0.0348. The van der Waals surface area contributed by atoms with Gasteiger partial charge in [0.1, 0.15) is 0 Å². The Morgan fingerprint density at radius 2 is 1.50 bits per heavy atom. The molecule has 6 nitrogen and oxygen atoms in total. The highest BCUT2D eigenvalue weighted by atomic mass is 32.2. The van der Waals surface area contributed by atoms with E-state index in [1.165, 1.54) is 4.31 Å². The fourth-order valence-electron chi connectivity index (χ4n) is 2.31. The maximum atomic E-state index is 12.2. The maximum absolute atomic E-state index is 12.2. The molecule has 0 fully saturated rings. The number of para-hydroxylation sites is 1. The molecule has 0 radical (unpaired) electrons. The molecule has 126 valence electrons. The molecule has 0 aliphatic heterocycles. The van der Waals surface area contributed by atoms with Gasteiger partial charge in [-0.1, -0.05) is 32.0 Å². The number of aryl methyl sites for hydroxylation is 2. The lowest BCUT2D eigenvalue weighted by molar-refractivity contribution is 0.583. The van der Waals surface area contributed by atoms with E-state index >= 15 is 0 Å². The van der Waals surface area contributed by atoms with E-state index in [1.807, 2.05) is 32.0 Å². The van der Waals surface area contributed by atoms with Gasteiger partial charge in [-0.15, -0.1) is 0 Å². The molecule has 0 aliphatic rings. The van der Waals surface area contributed by atoms with Crippen molar-refractivity contribution >= 4 is 25.7 Å². The molecule has 1 aromatic rings. The fraction of sp³-hybridized carbons (Fsp3) is 0.571. The highest BCUT2D eigenvalue weighted by molar-refractivity contribution is 7.92. The molecule has 0 aliphatic carbocycles. The summed E-state index contributed by atoms with van der Waals surface area (Å²) in [6.45, 7) is 4.03. The second kappa shape index (κ2) is 7.43. The highest BCUT2D eigenvalue weighted by Crippen LogP contribution is 2.28. The summed E-state index contributed by atoms with van der Waals surface area (Å²) in [5.74, 6) is 0. The summed E-state index contributed by atoms with van der Waals surface area (Å²) in [5.41, 5.74) is 2.54. The van der Waals surface area contributed by atoms with Gasteiger partial charge in [0.15, 0.2) is 0 Å². The van der Waals surface area contributed by atoms with Crippen LogP contribution in [0.25, 0.3) is 0 Å². The molecule has 1 aromatic carbocycles. The first-order chi connectivity index (χ1) is 10.1. The van der Waals surface area contributed by atoms with Crippen LogP contribution in [0, 0.1) is 0 Å². The van der Waals surface area contributed by atoms with Crippen molar-refractivity contribution in [3.05, 3.63) is 29.3 Å². The number of sulfonamides is 2. The number of nitrogens with zero attached hydrogens (tertiary/aromatic N) is 1. The van der Waals surface area contributed by atoms with Crippen LogP contribution >= 0.6 is 0 Å². The lowest BCUT2D eigenvalue weighted by atomic mass is 10.0. The molecular weight excluding hydrogens is 324 g/mol. The number of rotatable bonds is 8. The summed E-state index contributed by atoms with van der Waals surface area (Å²) in [5, 5.41) is 0. The van der Waals surface area contributed by atoms with Crippen LogP contribution in [0.2, 0.25) is 0 Å². The summed E-state index contributed by atoms with van der Waals surface area (Å²) in [6, 6.07) is 5.71. The van der Waals surface area contributed by atoms with Crippen molar-refractivity contribution in [2.75, 3.05) is 29.9 Å². The Balaban J connectivity index is 3.24. The van der Waals surface area contributed by atoms with Gasteiger partial charge in [0, 0.05) is 13.1 Å². The first-order valence-corrected chi connectivity index (χ1v) is 10.9. The molecule has 8 heteroatoms. The van der Waals surface area contributed by atoms with Crippen LogP contribution in [0.3, 0.4) is 0 Å². The SMILES string of the molecule is CCc1cccc(CC)c1N(CCNS(C)(=O)=O)S(C)(=O)=O. The number of benzene rings is 1. The Morgan fingerprint density at radius 3 is 1.86 bits per heavy atom. The van der Waals surface area contributed by atoms with E-state index in [0.29, 0.717) is 18.5 Å². The molecule has 1 rings (SSSR count). The highest BCUT2D eigenvalue weighted by Gasteiger charge is 2.22. The van der Waals surface area contributed by atoms with Crippen molar-refractivity contribution < 1.29 is 16.8 Å². The minimum atomic E-state index is -3.50. The number of nitrogens with one attached hydrogen (secondary N) is 1. The second-order valence-corrected chi connectivity index (χ2v) is 8.87. The summed E-state index contributed by atoms with van der Waals surface area (Å²) < 4.78 is 50.3. The van der Waals surface area contributed by atoms with Crippen molar-refractivity contribution in [2.24, 2.45) is 0 Å². The third-order valence-electron chi connectivity index (χ3n) is 3.29. The zero-order chi connectivity index (χ0) is 17.0. The van der Waals surface area contributed by atoms with Crippen molar-refractivity contribution in [1.29, 1.82) is 0 Å². The lowest BCUT2D eigenvalue weighted by Gasteiger charge is -2.27. The molecular formula is C14H24N2O4S2. The van der Waals surface area contributed by atoms with Crippen molar-refractivity contribution in [3.8, 4) is 0 Å². The molecule has 0 bridgehead atoms. The summed E-state index contributed by atoms with van der Waals surface area (Å²) in [4.78, 5) is 0. The average Bonchev–Trinajstić information content (AvgIpc) is 2.40. The Morgan fingerprint density at radius 1 is 1.00 bits per heavy atom. The van der Waals surface area contributed by atoms with Crippen LogP contribution in [-0.4, -0.2) is 42.4 Å². The van der Waals surface area contributed by atoms with Crippen LogP contribution in [0.4, 0.5) is 5.69 Å². The fourth-order valence-corrected chi connectivity index (χ4v) is 3.76. The van der Waals surface area contributed by atoms with E-state index < -0.39 is 20.0 Å². The van der Waals surface area contributed by atoms with Crippen LogP contribution in [0.1, 0.15) is 25.0 Å². The Kier molecular flexibility index (Phi) is 6.39. The standard InChI is InChI=1S/C14H24N2O4S2/c1-5-12-8-7-9-13(6-2)14(12)16(22(4,19)20)11-10-15-21(3,17)18/h7-9,15H,5-6,10-11H2,1-4H3. The van der Waals surface area contributed by atoms with Crippen molar-refractivity contribution in [2.45, 2.75) is 26.7 Å². The smallest absolute Gasteiger partial charge is 0.232 e. The van der Waals surface area contributed by atoms with E-state index in [-0.39, 0.29) is 13.1 Å². The number of hydrogen-bond acceptors (Lipinski definition) is 4. The molecule has 0 atom stereocenters. The molecule has 0 amide bonds. The predicted octanol–water partition coefficient (Wildman–Crippen LogP) is 1.13. The topological polar surface area (TPSA) is 83.6 Å². The first-order valence-electron chi connectivity index (χ1n) is 7.13. The van der Waals surface area contributed by atoms with E-state index in [0.717, 1.165) is 23.6 Å². The zero-order valence-corrected chi connectivity index (χ0v) is 15.1. The third kappa shape index (κ3) is 5.26. The van der Waals surface area contributed by atoms with E-state index in [4.69, 9.17) is 0 Å². The van der Waals surface area contributed by atoms with Crippen LogP contribution in [-0.2, 0) is 32.9 Å². The average molecular weight is 348 g/mol. The largest absolute Gasteiger partial charge is 0.269 e. The third-order valence-corrected chi connectivity index (χ3v) is 5.19.